The van der Waals surface area contributed by atoms with Crippen molar-refractivity contribution >= 4 is 21.9 Å². The molecule has 0 saturated carbocycles. The van der Waals surface area contributed by atoms with Crippen molar-refractivity contribution in [2.75, 3.05) is 53.9 Å². The van der Waals surface area contributed by atoms with E-state index >= 15 is 0 Å². The van der Waals surface area contributed by atoms with Crippen LogP contribution in [0.5, 0.6) is 0 Å². The molecule has 4 fully saturated rings. The van der Waals surface area contributed by atoms with Crippen LogP contribution in [0.4, 0.5) is 26.3 Å². The number of alkyl halides is 6. The molecule has 0 radical (unpaired) electrons. The van der Waals surface area contributed by atoms with Gasteiger partial charge < -0.3 is 69.3 Å². The largest absolute Gasteiger partial charge is 1.00 e. The number of benzene rings is 1. The molecule has 1 aromatic carbocycles. The second-order valence-electron chi connectivity index (χ2n) is 21.5. The molecule has 1 aromatic rings. The summed E-state index contributed by atoms with van der Waals surface area (Å²) in [5, 5.41) is 14.2. The molecule has 84 heavy (non-hydrogen) atoms. The van der Waals surface area contributed by atoms with E-state index < -0.39 is 107 Å². The Morgan fingerprint density at radius 2 is 1.12 bits per heavy atom. The number of aryl methyl sites for hydroxylation is 1. The van der Waals surface area contributed by atoms with E-state index in [1.165, 1.54) is 57.1 Å². The maximum atomic E-state index is 13.1. The number of carbonyl (C=O) groups is 2. The van der Waals surface area contributed by atoms with Gasteiger partial charge in [0.05, 0.1) is 50.1 Å². The van der Waals surface area contributed by atoms with Crippen LogP contribution in [0.3, 0.4) is 0 Å². The van der Waals surface area contributed by atoms with Gasteiger partial charge in [0, 0.05) is 20.8 Å². The maximum Gasteiger partial charge on any atom is 1.00 e. The monoisotopic (exact) mass is 1250 g/mol. The van der Waals surface area contributed by atoms with Crippen molar-refractivity contribution in [2.45, 2.75) is 241 Å². The smallest absolute Gasteiger partial charge is 1.00 e. The third-order valence-electron chi connectivity index (χ3n) is 13.9. The molecule has 4 aliphatic heterocycles. The summed E-state index contributed by atoms with van der Waals surface area (Å²) in [6.45, 7) is 20.4. The molecular formula is C57H93F6N2NaO17S. The van der Waals surface area contributed by atoms with Crippen molar-refractivity contribution < 1.29 is 137 Å². The van der Waals surface area contributed by atoms with Gasteiger partial charge in [-0.15, -0.1) is 13.2 Å². The molecule has 0 spiro atoms. The number of fused-ring (bicyclic) bond motifs is 2. The number of amides is 2. The number of carbonyl (C=O) groups excluding carboxylic acids is 2. The molecule has 0 bridgehead atoms. The SMILES string of the molecule is C=CCO[C@H]1OC2COC(C)(C)O[C@H]2[C@H](O)[C@H]1NC(=O)C(F)(F)F.C=CCO[C@H]1OC2COC(C)(C)O[C@H]2[C@H](OCC[C@@H](CCCCCCC)OC)[C@H]1NC(=O)C(F)(F)F.CCCCCCC[C@H](CCOS(=O)(=O)c1ccc(C)cc1)OC.[H-].[Na+]. The summed E-state index contributed by atoms with van der Waals surface area (Å²) in [5.41, 5.74) is 1.02. The third-order valence-corrected chi connectivity index (χ3v) is 15.2. The van der Waals surface area contributed by atoms with Gasteiger partial charge >= 0.3 is 53.7 Å². The quantitative estimate of drug-likeness (QED) is 0.0243. The van der Waals surface area contributed by atoms with E-state index in [-0.39, 0.29) is 87.7 Å². The van der Waals surface area contributed by atoms with Gasteiger partial charge in [0.15, 0.2) is 24.2 Å². The van der Waals surface area contributed by atoms with Crippen molar-refractivity contribution in [1.29, 1.82) is 0 Å². The van der Waals surface area contributed by atoms with Gasteiger partial charge in [0.1, 0.15) is 48.7 Å². The second kappa shape index (κ2) is 38.3. The Morgan fingerprint density at radius 3 is 1.57 bits per heavy atom. The summed E-state index contributed by atoms with van der Waals surface area (Å²) < 4.78 is 168. The molecule has 4 heterocycles. The maximum absolute atomic E-state index is 13.1. The first kappa shape index (κ1) is 77.7. The number of aliphatic hydroxyl groups excluding tert-OH is 1. The molecule has 19 nitrogen and oxygen atoms in total. The standard InChI is InChI=1S/C25H42F3NO7.C18H30O4S.C14H20F3NO6.Na.H/c1-6-8-9-10-11-12-17(31-5)13-15-32-21-19(29-23(30)25(26,27)28)22(33-14-7-2)35-18-16-34-24(3,4)36-20(18)21;1-4-5-6-7-8-9-17(21-3)14-15-22-23(19,20)18-12-10-16(2)11-13-18;1-4-5-21-11-8(18-12(20)14(15,16)17)9(19)10-7(23-11)6-22-13(2,3)24-10;;/h7,17-22H,2,6,8-16H2,1,3-5H3,(H,29,30);10-13,17H,4-9,14-15H2,1-3H3;4,7-11,19H,1,5-6H2,2-3H3,(H,18,20);;/q;;;+1;-1/t17-,18?,19-,20-,21-,22+;17-;7?,8-,9-,10-,11+;;/m111../s1. The van der Waals surface area contributed by atoms with Crippen LogP contribution in [0.25, 0.3) is 0 Å². The van der Waals surface area contributed by atoms with E-state index in [0.29, 0.717) is 12.8 Å². The van der Waals surface area contributed by atoms with Crippen LogP contribution >= 0.6 is 0 Å². The minimum atomic E-state index is -5.10. The van der Waals surface area contributed by atoms with Gasteiger partial charge in [0.25, 0.3) is 10.1 Å². The first-order chi connectivity index (χ1) is 39.1. The van der Waals surface area contributed by atoms with E-state index in [4.69, 9.17) is 56.3 Å². The summed E-state index contributed by atoms with van der Waals surface area (Å²) in [6, 6.07) is 3.95. The van der Waals surface area contributed by atoms with Crippen LogP contribution in [0.1, 0.15) is 138 Å². The molecule has 3 N–H and O–H groups in total. The minimum Gasteiger partial charge on any atom is -1.00 e. The minimum absolute atomic E-state index is 0. The molecule has 27 heteroatoms. The Hall–Kier alpha value is -2.35. The molecule has 4 aliphatic rings. The topological polar surface area (TPSA) is 223 Å². The summed E-state index contributed by atoms with van der Waals surface area (Å²) in [6.07, 6.45) is -0.804. The fraction of sp³-hybridized carbons (Fsp3) is 0.789. The van der Waals surface area contributed by atoms with Gasteiger partial charge in [-0.25, -0.2) is 0 Å². The molecular weight excluding hydrogens is 1150 g/mol. The number of hydrogen-bond acceptors (Lipinski definition) is 17. The molecule has 12 atom stereocenters. The second-order valence-corrected chi connectivity index (χ2v) is 23.1. The summed E-state index contributed by atoms with van der Waals surface area (Å²) >= 11 is 0. The summed E-state index contributed by atoms with van der Waals surface area (Å²) in [4.78, 5) is 23.3. The summed E-state index contributed by atoms with van der Waals surface area (Å²) in [7, 11) is -0.361. The fourth-order valence-corrected chi connectivity index (χ4v) is 10.3. The zero-order chi connectivity index (χ0) is 62.0. The molecule has 2 unspecified atom stereocenters. The Balaban J connectivity index is 0.000000653. The van der Waals surface area contributed by atoms with E-state index in [1.54, 1.807) is 71.5 Å². The average Bonchev–Trinajstić information content (AvgIpc) is 3.10. The van der Waals surface area contributed by atoms with E-state index in [2.05, 4.69) is 27.0 Å². The van der Waals surface area contributed by atoms with Crippen molar-refractivity contribution in [1.82, 2.24) is 10.6 Å². The number of unbranched alkanes of at least 4 members (excludes halogenated alkanes) is 8. The van der Waals surface area contributed by atoms with Crippen LogP contribution in [0, 0.1) is 6.92 Å². The Labute approximate surface area is 516 Å². The fourth-order valence-electron chi connectivity index (χ4n) is 9.36. The van der Waals surface area contributed by atoms with Crippen molar-refractivity contribution in [3.8, 4) is 0 Å². The molecule has 4 saturated heterocycles. The van der Waals surface area contributed by atoms with Crippen LogP contribution < -0.4 is 40.2 Å². The van der Waals surface area contributed by atoms with Gasteiger partial charge in [-0.2, -0.15) is 34.8 Å². The predicted octanol–water partition coefficient (Wildman–Crippen LogP) is 6.32. The molecule has 5 rings (SSSR count). The normalized spacial score (nSPS) is 26.2. The van der Waals surface area contributed by atoms with Crippen LogP contribution in [-0.2, 0) is 76.0 Å². The number of methoxy groups -OCH3 is 2. The number of aliphatic hydroxyl groups is 1. The van der Waals surface area contributed by atoms with Crippen LogP contribution in [0.15, 0.2) is 54.5 Å². The number of halogens is 6. The third kappa shape index (κ3) is 27.2. The number of nitrogens with one attached hydrogen (secondary N) is 2. The molecule has 0 aromatic heterocycles. The Morgan fingerprint density at radius 1 is 0.690 bits per heavy atom. The number of rotatable bonds is 31. The zero-order valence-electron chi connectivity index (χ0n) is 51.6. The van der Waals surface area contributed by atoms with Gasteiger partial charge in [0.2, 0.25) is 0 Å². The molecule has 0 aliphatic carbocycles. The predicted molar refractivity (Wildman–Crippen MR) is 294 cm³/mol. The average molecular weight is 1250 g/mol. The van der Waals surface area contributed by atoms with Crippen LogP contribution in [0.2, 0.25) is 0 Å². The van der Waals surface area contributed by atoms with Crippen molar-refractivity contribution in [3.63, 3.8) is 0 Å². The first-order valence-corrected chi connectivity index (χ1v) is 29.9. The van der Waals surface area contributed by atoms with E-state index in [9.17, 15) is 49.5 Å². The zero-order valence-corrected chi connectivity index (χ0v) is 53.4. The molecule has 482 valence electrons. The van der Waals surface area contributed by atoms with Gasteiger partial charge in [-0.1, -0.05) is 108 Å². The van der Waals surface area contributed by atoms with E-state index in [0.717, 1.165) is 37.7 Å². The summed E-state index contributed by atoms with van der Waals surface area (Å²) in [5.74, 6) is -6.36. The van der Waals surface area contributed by atoms with Crippen molar-refractivity contribution in [3.05, 3.63) is 55.1 Å². The first-order valence-electron chi connectivity index (χ1n) is 28.5. The Bertz CT molecular complexity index is 2170. The van der Waals surface area contributed by atoms with Crippen molar-refractivity contribution in [2.24, 2.45) is 0 Å². The van der Waals surface area contributed by atoms with Gasteiger partial charge in [-0.3, -0.25) is 13.8 Å². The van der Waals surface area contributed by atoms with Crippen LogP contribution in [-0.4, -0.2) is 177 Å². The Kier molecular flexibility index (Phi) is 35.4. The number of hydrogen-bond donors (Lipinski definition) is 3. The van der Waals surface area contributed by atoms with Gasteiger partial charge in [-0.05, 0) is 72.4 Å². The number of ether oxygens (including phenoxy) is 11. The van der Waals surface area contributed by atoms with E-state index in [1.807, 2.05) is 12.2 Å². The molecule has 2 amide bonds.